The van der Waals surface area contributed by atoms with E-state index in [0.717, 1.165) is 19.3 Å². The molecular weight excluding hydrogens is 254 g/mol. The normalized spacial score (nSPS) is 16.4. The molecule has 0 unspecified atom stereocenters. The molecule has 102 valence electrons. The number of nitrogens with one attached hydrogen (secondary N) is 1. The molecule has 1 aliphatic carbocycles. The van der Waals surface area contributed by atoms with Crippen LogP contribution in [-0.4, -0.2) is 40.6 Å². The Morgan fingerprint density at radius 3 is 2.67 bits per heavy atom. The minimum Gasteiger partial charge on any atom is -0.390 e. The molecule has 0 spiro atoms. The molecule has 0 aromatic carbocycles. The first-order valence-corrected chi connectivity index (χ1v) is 7.63. The van der Waals surface area contributed by atoms with Gasteiger partial charge in [0, 0.05) is 12.6 Å². The van der Waals surface area contributed by atoms with Crippen molar-refractivity contribution in [3.05, 3.63) is 11.4 Å². The van der Waals surface area contributed by atoms with Crippen LogP contribution in [0.3, 0.4) is 0 Å². The first-order valence-electron chi connectivity index (χ1n) is 6.19. The van der Waals surface area contributed by atoms with Crippen LogP contribution in [0, 0.1) is 6.92 Å². The fourth-order valence-electron chi connectivity index (χ4n) is 2.12. The Hall–Kier alpha value is -0.920. The number of sulfonamides is 1. The van der Waals surface area contributed by atoms with E-state index in [1.165, 1.54) is 0 Å². The number of aromatic amines is 1. The molecule has 0 bridgehead atoms. The summed E-state index contributed by atoms with van der Waals surface area (Å²) in [5, 5.41) is 15.7. The van der Waals surface area contributed by atoms with E-state index >= 15 is 0 Å². The second kappa shape index (κ2) is 4.99. The zero-order valence-electron chi connectivity index (χ0n) is 10.7. The average Bonchev–Trinajstić information content (AvgIpc) is 3.08. The van der Waals surface area contributed by atoms with E-state index in [4.69, 9.17) is 0 Å². The Kier molecular flexibility index (Phi) is 3.74. The summed E-state index contributed by atoms with van der Waals surface area (Å²) in [6, 6.07) is 0.121. The van der Waals surface area contributed by atoms with Gasteiger partial charge in [-0.3, -0.25) is 5.10 Å². The maximum atomic E-state index is 12.6. The van der Waals surface area contributed by atoms with Crippen LogP contribution in [0.5, 0.6) is 0 Å². The molecule has 0 radical (unpaired) electrons. The molecule has 1 fully saturated rings. The fraction of sp³-hybridized carbons (Fsp3) is 0.727. The molecule has 18 heavy (non-hydrogen) atoms. The average molecular weight is 273 g/mol. The van der Waals surface area contributed by atoms with Crippen molar-refractivity contribution in [2.45, 2.75) is 50.7 Å². The van der Waals surface area contributed by atoms with Crippen molar-refractivity contribution in [3.63, 3.8) is 0 Å². The van der Waals surface area contributed by atoms with Crippen molar-refractivity contribution in [2.75, 3.05) is 6.54 Å². The molecule has 1 saturated carbocycles. The fourth-order valence-corrected chi connectivity index (χ4v) is 4.22. The summed E-state index contributed by atoms with van der Waals surface area (Å²) >= 11 is 0. The second-order valence-electron chi connectivity index (χ2n) is 4.63. The van der Waals surface area contributed by atoms with Crippen LogP contribution < -0.4 is 0 Å². The van der Waals surface area contributed by atoms with Crippen LogP contribution in [0.1, 0.15) is 37.6 Å². The number of H-pyrrole nitrogens is 1. The molecule has 0 aliphatic heterocycles. The quantitative estimate of drug-likeness (QED) is 0.801. The highest BCUT2D eigenvalue weighted by atomic mass is 32.2. The topological polar surface area (TPSA) is 86.3 Å². The van der Waals surface area contributed by atoms with Gasteiger partial charge in [-0.05, 0) is 26.2 Å². The van der Waals surface area contributed by atoms with E-state index in [1.54, 1.807) is 11.2 Å². The van der Waals surface area contributed by atoms with Crippen molar-refractivity contribution in [1.29, 1.82) is 0 Å². The SMILES string of the molecule is CCCN(C1CC1)S(=O)(=O)c1c(CO)n[nH]c1C. The lowest BCUT2D eigenvalue weighted by atomic mass is 10.4. The Bertz CT molecular complexity index is 520. The van der Waals surface area contributed by atoms with Crippen LogP contribution >= 0.6 is 0 Å². The zero-order valence-corrected chi connectivity index (χ0v) is 11.5. The number of aliphatic hydroxyl groups excluding tert-OH is 1. The summed E-state index contributed by atoms with van der Waals surface area (Å²) in [5.41, 5.74) is 0.690. The van der Waals surface area contributed by atoms with Crippen LogP contribution in [0.2, 0.25) is 0 Å². The third-order valence-corrected chi connectivity index (χ3v) is 5.23. The van der Waals surface area contributed by atoms with Gasteiger partial charge in [-0.25, -0.2) is 8.42 Å². The van der Waals surface area contributed by atoms with Crippen LogP contribution in [0.15, 0.2) is 4.90 Å². The second-order valence-corrected chi connectivity index (χ2v) is 6.46. The van der Waals surface area contributed by atoms with Crippen LogP contribution in [0.25, 0.3) is 0 Å². The van der Waals surface area contributed by atoms with E-state index in [1.807, 2.05) is 6.92 Å². The van der Waals surface area contributed by atoms with Gasteiger partial charge in [0.25, 0.3) is 0 Å². The molecule has 1 aromatic rings. The number of nitrogens with zero attached hydrogens (tertiary/aromatic N) is 2. The highest BCUT2D eigenvalue weighted by Crippen LogP contribution is 2.33. The summed E-state index contributed by atoms with van der Waals surface area (Å²) < 4.78 is 26.8. The van der Waals surface area contributed by atoms with E-state index < -0.39 is 10.0 Å². The van der Waals surface area contributed by atoms with Gasteiger partial charge in [-0.1, -0.05) is 6.92 Å². The number of aliphatic hydroxyl groups is 1. The molecule has 1 aromatic heterocycles. The molecule has 6 nitrogen and oxygen atoms in total. The van der Waals surface area contributed by atoms with Crippen LogP contribution in [-0.2, 0) is 16.6 Å². The summed E-state index contributed by atoms with van der Waals surface area (Å²) in [5.74, 6) is 0. The van der Waals surface area contributed by atoms with Crippen molar-refractivity contribution in [1.82, 2.24) is 14.5 Å². The number of aromatic nitrogens is 2. The number of hydrogen-bond acceptors (Lipinski definition) is 4. The molecule has 0 amide bonds. The van der Waals surface area contributed by atoms with Crippen molar-refractivity contribution in [3.8, 4) is 0 Å². The van der Waals surface area contributed by atoms with E-state index in [0.29, 0.717) is 12.2 Å². The van der Waals surface area contributed by atoms with Gasteiger partial charge in [0.15, 0.2) is 0 Å². The smallest absolute Gasteiger partial charge is 0.247 e. The molecule has 1 heterocycles. The molecule has 1 aliphatic rings. The molecule has 0 atom stereocenters. The molecule has 0 saturated heterocycles. The van der Waals surface area contributed by atoms with Crippen molar-refractivity contribution >= 4 is 10.0 Å². The highest BCUT2D eigenvalue weighted by molar-refractivity contribution is 7.89. The van der Waals surface area contributed by atoms with E-state index in [-0.39, 0.29) is 23.2 Å². The summed E-state index contributed by atoms with van der Waals surface area (Å²) in [6.45, 7) is 3.77. The molecule has 7 heteroatoms. The number of aryl methyl sites for hydroxylation is 1. The standard InChI is InChI=1S/C11H19N3O3S/c1-3-6-14(9-4-5-9)18(16,17)11-8(2)12-13-10(11)7-15/h9,15H,3-7H2,1-2H3,(H,12,13). The zero-order chi connectivity index (χ0) is 13.3. The molecule has 2 N–H and O–H groups in total. The summed E-state index contributed by atoms with van der Waals surface area (Å²) in [6.07, 6.45) is 2.62. The van der Waals surface area contributed by atoms with E-state index in [2.05, 4.69) is 10.2 Å². The maximum Gasteiger partial charge on any atom is 0.247 e. The lowest BCUT2D eigenvalue weighted by Gasteiger charge is -2.21. The minimum atomic E-state index is -3.55. The predicted octanol–water partition coefficient (Wildman–Crippen LogP) is 0.774. The summed E-state index contributed by atoms with van der Waals surface area (Å²) in [4.78, 5) is 0.144. The molecule has 2 rings (SSSR count). The largest absolute Gasteiger partial charge is 0.390 e. The van der Waals surface area contributed by atoms with Gasteiger partial charge in [0.2, 0.25) is 10.0 Å². The number of rotatable bonds is 6. The van der Waals surface area contributed by atoms with Gasteiger partial charge < -0.3 is 5.11 Å². The Balaban J connectivity index is 2.42. The van der Waals surface area contributed by atoms with E-state index in [9.17, 15) is 13.5 Å². The van der Waals surface area contributed by atoms with Gasteiger partial charge >= 0.3 is 0 Å². The number of hydrogen-bond donors (Lipinski definition) is 2. The Morgan fingerprint density at radius 1 is 1.50 bits per heavy atom. The van der Waals surface area contributed by atoms with Gasteiger partial charge in [0.05, 0.1) is 12.3 Å². The summed E-state index contributed by atoms with van der Waals surface area (Å²) in [7, 11) is -3.55. The monoisotopic (exact) mass is 273 g/mol. The third kappa shape index (κ3) is 2.30. The van der Waals surface area contributed by atoms with Crippen LogP contribution in [0.4, 0.5) is 0 Å². The Morgan fingerprint density at radius 2 is 2.17 bits per heavy atom. The van der Waals surface area contributed by atoms with Gasteiger partial charge in [-0.15, -0.1) is 0 Å². The highest BCUT2D eigenvalue weighted by Gasteiger charge is 2.39. The van der Waals surface area contributed by atoms with Crippen molar-refractivity contribution in [2.24, 2.45) is 0 Å². The predicted molar refractivity (Wildman–Crippen MR) is 66.5 cm³/mol. The lowest BCUT2D eigenvalue weighted by Crippen LogP contribution is -2.34. The van der Waals surface area contributed by atoms with Crippen molar-refractivity contribution < 1.29 is 13.5 Å². The first-order chi connectivity index (χ1) is 8.52. The minimum absolute atomic E-state index is 0.121. The lowest BCUT2D eigenvalue weighted by molar-refractivity contribution is 0.273. The Labute approximate surface area is 107 Å². The first kappa shape index (κ1) is 13.5. The third-order valence-electron chi connectivity index (χ3n) is 3.08. The van der Waals surface area contributed by atoms with Gasteiger partial charge in [0.1, 0.15) is 10.6 Å². The van der Waals surface area contributed by atoms with Gasteiger partial charge in [-0.2, -0.15) is 9.40 Å². The maximum absolute atomic E-state index is 12.6. The molecular formula is C11H19N3O3S.